The van der Waals surface area contributed by atoms with Gasteiger partial charge in [0.15, 0.2) is 0 Å². The Bertz CT molecular complexity index is 602. The molecule has 1 saturated carbocycles. The molecule has 2 aliphatic rings. The first-order chi connectivity index (χ1) is 11.7. The van der Waals surface area contributed by atoms with Crippen LogP contribution in [0.25, 0.3) is 0 Å². The highest BCUT2D eigenvalue weighted by Gasteiger charge is 2.45. The molecule has 0 bridgehead atoms. The Kier molecular flexibility index (Phi) is 5.20. The molecule has 1 saturated heterocycles. The zero-order valence-corrected chi connectivity index (χ0v) is 14.2. The molecular weight excluding hydrogens is 300 g/mol. The van der Waals surface area contributed by atoms with Gasteiger partial charge in [-0.15, -0.1) is 0 Å². The van der Waals surface area contributed by atoms with Gasteiger partial charge in [0.2, 0.25) is 5.91 Å². The van der Waals surface area contributed by atoms with E-state index in [2.05, 4.69) is 6.07 Å². The molecule has 1 amide bonds. The Morgan fingerprint density at radius 3 is 2.62 bits per heavy atom. The molecule has 1 aliphatic carbocycles. The number of carbonyl (C=O) groups is 1. The van der Waals surface area contributed by atoms with Crippen molar-refractivity contribution in [2.24, 2.45) is 5.41 Å². The number of amides is 1. The van der Waals surface area contributed by atoms with Crippen molar-refractivity contribution in [1.82, 2.24) is 4.90 Å². The first-order valence-electron chi connectivity index (χ1n) is 9.12. The van der Waals surface area contributed by atoms with E-state index in [0.717, 1.165) is 37.7 Å². The van der Waals surface area contributed by atoms with E-state index >= 15 is 0 Å². The molecule has 2 unspecified atom stereocenters. The number of aliphatic hydroxyl groups excluding tert-OH is 1. The van der Waals surface area contributed by atoms with Crippen molar-refractivity contribution in [3.63, 3.8) is 0 Å². The zero-order chi connectivity index (χ0) is 17.0. The number of nitriles is 1. The fraction of sp³-hybridized carbons (Fsp3) is 0.600. The number of rotatable bonds is 4. The highest BCUT2D eigenvalue weighted by atomic mass is 16.3. The SMILES string of the molecule is N#CC1(C(=O)N2CCCC2CC(O)c2ccccc2)CCCCC1. The maximum atomic E-state index is 13.1. The predicted octanol–water partition coefficient (Wildman–Crippen LogP) is 3.58. The lowest BCUT2D eigenvalue weighted by Crippen LogP contribution is -2.46. The molecule has 1 aromatic rings. The van der Waals surface area contributed by atoms with E-state index in [1.807, 2.05) is 35.2 Å². The van der Waals surface area contributed by atoms with Crippen LogP contribution in [0, 0.1) is 16.7 Å². The Morgan fingerprint density at radius 1 is 1.25 bits per heavy atom. The normalized spacial score (nSPS) is 24.3. The highest BCUT2D eigenvalue weighted by Crippen LogP contribution is 2.40. The summed E-state index contributed by atoms with van der Waals surface area (Å²) in [5.41, 5.74) is 0.0721. The van der Waals surface area contributed by atoms with Crippen molar-refractivity contribution in [2.75, 3.05) is 6.54 Å². The summed E-state index contributed by atoms with van der Waals surface area (Å²) in [7, 11) is 0. The number of carbonyl (C=O) groups excluding carboxylic acids is 1. The number of likely N-dealkylation sites (tertiary alicyclic amines) is 1. The van der Waals surface area contributed by atoms with Crippen molar-refractivity contribution >= 4 is 5.91 Å². The van der Waals surface area contributed by atoms with Crippen molar-refractivity contribution in [2.45, 2.75) is 63.5 Å². The van der Waals surface area contributed by atoms with Gasteiger partial charge in [0.1, 0.15) is 5.41 Å². The summed E-state index contributed by atoms with van der Waals surface area (Å²) in [6, 6.07) is 12.0. The highest BCUT2D eigenvalue weighted by molar-refractivity contribution is 5.86. The Labute approximate surface area is 144 Å². The first-order valence-corrected chi connectivity index (χ1v) is 9.12. The van der Waals surface area contributed by atoms with Crippen LogP contribution in [-0.2, 0) is 4.79 Å². The number of hydrogen-bond donors (Lipinski definition) is 1. The van der Waals surface area contributed by atoms with E-state index in [-0.39, 0.29) is 11.9 Å². The summed E-state index contributed by atoms with van der Waals surface area (Å²) in [5, 5.41) is 20.2. The van der Waals surface area contributed by atoms with Crippen LogP contribution < -0.4 is 0 Å². The van der Waals surface area contributed by atoms with E-state index in [9.17, 15) is 15.2 Å². The summed E-state index contributed by atoms with van der Waals surface area (Å²) < 4.78 is 0. The van der Waals surface area contributed by atoms with Crippen LogP contribution in [0.1, 0.15) is 63.0 Å². The van der Waals surface area contributed by atoms with Gasteiger partial charge in [-0.05, 0) is 37.7 Å². The fourth-order valence-electron chi connectivity index (χ4n) is 4.22. The quantitative estimate of drug-likeness (QED) is 0.920. The van der Waals surface area contributed by atoms with Gasteiger partial charge in [0.25, 0.3) is 0 Å². The van der Waals surface area contributed by atoms with Crippen molar-refractivity contribution in [3.8, 4) is 6.07 Å². The standard InChI is InChI=1S/C20H26N2O2/c21-15-20(11-5-2-6-12-20)19(24)22-13-7-10-17(22)14-18(23)16-8-3-1-4-9-16/h1,3-4,8-9,17-18,23H,2,5-7,10-14H2. The Balaban J connectivity index is 1.71. The van der Waals surface area contributed by atoms with Crippen LogP contribution in [0.4, 0.5) is 0 Å². The number of nitrogens with zero attached hydrogens (tertiary/aromatic N) is 2. The molecule has 1 N–H and O–H groups in total. The van der Waals surface area contributed by atoms with Gasteiger partial charge >= 0.3 is 0 Å². The predicted molar refractivity (Wildman–Crippen MR) is 91.9 cm³/mol. The monoisotopic (exact) mass is 326 g/mol. The first kappa shape index (κ1) is 17.0. The molecule has 4 heteroatoms. The van der Waals surface area contributed by atoms with Gasteiger partial charge in [0, 0.05) is 12.6 Å². The molecule has 4 nitrogen and oxygen atoms in total. The van der Waals surface area contributed by atoms with E-state index in [1.165, 1.54) is 0 Å². The van der Waals surface area contributed by atoms with Crippen LogP contribution in [0.2, 0.25) is 0 Å². The molecule has 1 aromatic carbocycles. The van der Waals surface area contributed by atoms with E-state index in [0.29, 0.717) is 25.8 Å². The molecule has 3 rings (SSSR count). The molecule has 1 aliphatic heterocycles. The van der Waals surface area contributed by atoms with Crippen molar-refractivity contribution in [1.29, 1.82) is 5.26 Å². The molecule has 0 radical (unpaired) electrons. The third kappa shape index (κ3) is 3.32. The molecule has 2 fully saturated rings. The maximum absolute atomic E-state index is 13.1. The Hall–Kier alpha value is -1.86. The maximum Gasteiger partial charge on any atom is 0.243 e. The largest absolute Gasteiger partial charge is 0.388 e. The average Bonchev–Trinajstić information content (AvgIpc) is 3.10. The third-order valence-corrected chi connectivity index (χ3v) is 5.65. The van der Waals surface area contributed by atoms with Gasteiger partial charge < -0.3 is 10.0 Å². The van der Waals surface area contributed by atoms with Gasteiger partial charge in [-0.2, -0.15) is 5.26 Å². The van der Waals surface area contributed by atoms with Gasteiger partial charge in [0.05, 0.1) is 12.2 Å². The second-order valence-electron chi connectivity index (χ2n) is 7.21. The molecule has 24 heavy (non-hydrogen) atoms. The summed E-state index contributed by atoms with van der Waals surface area (Å²) in [6.45, 7) is 0.717. The summed E-state index contributed by atoms with van der Waals surface area (Å²) in [5.74, 6) is 0.00691. The van der Waals surface area contributed by atoms with E-state index in [4.69, 9.17) is 0 Å². The van der Waals surface area contributed by atoms with E-state index < -0.39 is 11.5 Å². The summed E-state index contributed by atoms with van der Waals surface area (Å²) in [4.78, 5) is 15.0. The van der Waals surface area contributed by atoms with Crippen LogP contribution in [0.5, 0.6) is 0 Å². The number of aliphatic hydroxyl groups is 1. The average molecular weight is 326 g/mol. The molecular formula is C20H26N2O2. The van der Waals surface area contributed by atoms with Crippen molar-refractivity contribution in [3.05, 3.63) is 35.9 Å². The van der Waals surface area contributed by atoms with Gasteiger partial charge in [-0.1, -0.05) is 49.6 Å². The lowest BCUT2D eigenvalue weighted by atomic mass is 9.74. The second kappa shape index (κ2) is 7.36. The third-order valence-electron chi connectivity index (χ3n) is 5.65. The molecule has 128 valence electrons. The lowest BCUT2D eigenvalue weighted by molar-refractivity contribution is -0.142. The number of hydrogen-bond acceptors (Lipinski definition) is 3. The van der Waals surface area contributed by atoms with Crippen LogP contribution in [0.15, 0.2) is 30.3 Å². The topological polar surface area (TPSA) is 64.3 Å². The van der Waals surface area contributed by atoms with Crippen LogP contribution >= 0.6 is 0 Å². The van der Waals surface area contributed by atoms with Crippen LogP contribution in [0.3, 0.4) is 0 Å². The smallest absolute Gasteiger partial charge is 0.243 e. The minimum atomic E-state index is -0.821. The van der Waals surface area contributed by atoms with Crippen molar-refractivity contribution < 1.29 is 9.90 Å². The Morgan fingerprint density at radius 2 is 1.96 bits per heavy atom. The van der Waals surface area contributed by atoms with E-state index in [1.54, 1.807) is 0 Å². The fourth-order valence-corrected chi connectivity index (χ4v) is 4.22. The minimum Gasteiger partial charge on any atom is -0.388 e. The lowest BCUT2D eigenvalue weighted by Gasteiger charge is -2.36. The molecule has 0 spiro atoms. The molecule has 2 atom stereocenters. The van der Waals surface area contributed by atoms with Crippen LogP contribution in [-0.4, -0.2) is 28.5 Å². The summed E-state index contributed by atoms with van der Waals surface area (Å²) >= 11 is 0. The van der Waals surface area contributed by atoms with Gasteiger partial charge in [-0.25, -0.2) is 0 Å². The minimum absolute atomic E-state index is 0.00691. The second-order valence-corrected chi connectivity index (χ2v) is 7.21. The van der Waals surface area contributed by atoms with Gasteiger partial charge in [-0.3, -0.25) is 4.79 Å². The molecule has 1 heterocycles. The summed E-state index contributed by atoms with van der Waals surface area (Å²) in [6.07, 6.45) is 6.28. The molecule has 0 aromatic heterocycles. The zero-order valence-electron chi connectivity index (χ0n) is 14.2. The number of benzene rings is 1.